The summed E-state index contributed by atoms with van der Waals surface area (Å²) in [6, 6.07) is 0. The molecule has 1 rings (SSSR count). The van der Waals surface area contributed by atoms with E-state index in [9.17, 15) is 4.79 Å². The standard InChI is InChI=1S/C9H16ClNO2/c1-7(10)8(12)11-4-5-13-6-9(11,2)3/h7H,4-6H2,1-3H3. The molecule has 4 heteroatoms. The predicted molar refractivity (Wildman–Crippen MR) is 51.9 cm³/mol. The number of carbonyl (C=O) groups excluding carboxylic acids is 1. The van der Waals surface area contributed by atoms with Gasteiger partial charge in [-0.25, -0.2) is 0 Å². The molecule has 0 N–H and O–H groups in total. The lowest BCUT2D eigenvalue weighted by Crippen LogP contribution is -2.57. The molecule has 76 valence electrons. The SMILES string of the molecule is CC(Cl)C(=O)N1CCOCC1(C)C. The van der Waals surface area contributed by atoms with Crippen molar-refractivity contribution in [1.82, 2.24) is 4.90 Å². The number of carbonyl (C=O) groups is 1. The molecule has 0 aliphatic carbocycles. The van der Waals surface area contributed by atoms with E-state index in [4.69, 9.17) is 16.3 Å². The van der Waals surface area contributed by atoms with Crippen LogP contribution < -0.4 is 0 Å². The molecular formula is C9H16ClNO2. The minimum Gasteiger partial charge on any atom is -0.377 e. The van der Waals surface area contributed by atoms with E-state index >= 15 is 0 Å². The molecule has 3 nitrogen and oxygen atoms in total. The summed E-state index contributed by atoms with van der Waals surface area (Å²) >= 11 is 5.76. The highest BCUT2D eigenvalue weighted by molar-refractivity contribution is 6.30. The molecular weight excluding hydrogens is 190 g/mol. The van der Waals surface area contributed by atoms with Crippen molar-refractivity contribution in [1.29, 1.82) is 0 Å². The fourth-order valence-corrected chi connectivity index (χ4v) is 1.60. The first-order valence-corrected chi connectivity index (χ1v) is 4.92. The fourth-order valence-electron chi connectivity index (χ4n) is 1.48. The Balaban J connectivity index is 2.71. The third-order valence-electron chi connectivity index (χ3n) is 2.25. The molecule has 1 amide bonds. The van der Waals surface area contributed by atoms with E-state index in [0.29, 0.717) is 19.8 Å². The lowest BCUT2D eigenvalue weighted by atomic mass is 10.0. The van der Waals surface area contributed by atoms with Crippen molar-refractivity contribution in [3.63, 3.8) is 0 Å². The van der Waals surface area contributed by atoms with Gasteiger partial charge in [0, 0.05) is 6.54 Å². The van der Waals surface area contributed by atoms with Gasteiger partial charge in [-0.1, -0.05) is 0 Å². The molecule has 0 saturated carbocycles. The lowest BCUT2D eigenvalue weighted by molar-refractivity contribution is -0.145. The summed E-state index contributed by atoms with van der Waals surface area (Å²) in [7, 11) is 0. The van der Waals surface area contributed by atoms with Crippen molar-refractivity contribution in [3.05, 3.63) is 0 Å². The molecule has 0 aromatic carbocycles. The van der Waals surface area contributed by atoms with E-state index in [-0.39, 0.29) is 11.4 Å². The van der Waals surface area contributed by atoms with Crippen LogP contribution in [-0.2, 0) is 9.53 Å². The van der Waals surface area contributed by atoms with Crippen molar-refractivity contribution in [2.75, 3.05) is 19.8 Å². The number of ether oxygens (including phenoxy) is 1. The summed E-state index contributed by atoms with van der Waals surface area (Å²) < 4.78 is 5.31. The van der Waals surface area contributed by atoms with Crippen LogP contribution in [0.5, 0.6) is 0 Å². The maximum Gasteiger partial charge on any atom is 0.240 e. The van der Waals surface area contributed by atoms with Gasteiger partial charge in [0.05, 0.1) is 18.8 Å². The van der Waals surface area contributed by atoms with Crippen molar-refractivity contribution < 1.29 is 9.53 Å². The van der Waals surface area contributed by atoms with Gasteiger partial charge < -0.3 is 9.64 Å². The van der Waals surface area contributed by atoms with Crippen LogP contribution in [0.25, 0.3) is 0 Å². The molecule has 0 bridgehead atoms. The van der Waals surface area contributed by atoms with Crippen LogP contribution >= 0.6 is 11.6 Å². The van der Waals surface area contributed by atoms with E-state index in [1.54, 1.807) is 11.8 Å². The normalized spacial score (nSPS) is 24.2. The quantitative estimate of drug-likeness (QED) is 0.603. The lowest BCUT2D eigenvalue weighted by Gasteiger charge is -2.42. The maximum atomic E-state index is 11.7. The molecule has 1 unspecified atom stereocenters. The van der Waals surface area contributed by atoms with E-state index in [0.717, 1.165) is 0 Å². The Morgan fingerprint density at radius 3 is 2.69 bits per heavy atom. The number of amides is 1. The number of rotatable bonds is 1. The molecule has 1 fully saturated rings. The Morgan fingerprint density at radius 1 is 1.62 bits per heavy atom. The Hall–Kier alpha value is -0.280. The summed E-state index contributed by atoms with van der Waals surface area (Å²) in [5.74, 6) is -0.00466. The highest BCUT2D eigenvalue weighted by Crippen LogP contribution is 2.20. The number of morpholine rings is 1. The van der Waals surface area contributed by atoms with Crippen LogP contribution in [0.4, 0.5) is 0 Å². The van der Waals surface area contributed by atoms with Crippen LogP contribution in [0.1, 0.15) is 20.8 Å². The topological polar surface area (TPSA) is 29.5 Å². The van der Waals surface area contributed by atoms with Gasteiger partial charge in [0.15, 0.2) is 0 Å². The maximum absolute atomic E-state index is 11.7. The molecule has 0 aromatic heterocycles. The second-order valence-electron chi connectivity index (χ2n) is 3.97. The smallest absolute Gasteiger partial charge is 0.240 e. The third kappa shape index (κ3) is 2.35. The zero-order chi connectivity index (χ0) is 10.1. The minimum atomic E-state index is -0.447. The van der Waals surface area contributed by atoms with Crippen molar-refractivity contribution in [2.45, 2.75) is 31.7 Å². The monoisotopic (exact) mass is 205 g/mol. The Bertz CT molecular complexity index is 204. The van der Waals surface area contributed by atoms with Gasteiger partial charge in [-0.15, -0.1) is 11.6 Å². The molecule has 1 aliphatic heterocycles. The second kappa shape index (κ2) is 3.84. The first-order chi connectivity index (χ1) is 5.95. The predicted octanol–water partition coefficient (Wildman–Crippen LogP) is 1.25. The summed E-state index contributed by atoms with van der Waals surface area (Å²) in [6.07, 6.45) is 0. The molecule has 0 spiro atoms. The minimum absolute atomic E-state index is 0.00466. The zero-order valence-corrected chi connectivity index (χ0v) is 9.10. The summed E-state index contributed by atoms with van der Waals surface area (Å²) in [6.45, 7) is 7.52. The zero-order valence-electron chi connectivity index (χ0n) is 8.34. The van der Waals surface area contributed by atoms with Gasteiger partial charge in [-0.3, -0.25) is 4.79 Å². The Morgan fingerprint density at radius 2 is 2.23 bits per heavy atom. The van der Waals surface area contributed by atoms with Crippen LogP contribution in [-0.4, -0.2) is 41.5 Å². The van der Waals surface area contributed by atoms with Crippen LogP contribution in [0, 0.1) is 0 Å². The molecule has 1 heterocycles. The van der Waals surface area contributed by atoms with Crippen molar-refractivity contribution in [2.24, 2.45) is 0 Å². The van der Waals surface area contributed by atoms with Gasteiger partial charge in [0.25, 0.3) is 0 Å². The molecule has 1 aliphatic rings. The number of hydrogen-bond donors (Lipinski definition) is 0. The molecule has 1 saturated heterocycles. The first kappa shape index (κ1) is 10.8. The average Bonchev–Trinajstić information content (AvgIpc) is 2.02. The van der Waals surface area contributed by atoms with Gasteiger partial charge >= 0.3 is 0 Å². The van der Waals surface area contributed by atoms with Gasteiger partial charge in [-0.2, -0.15) is 0 Å². The van der Waals surface area contributed by atoms with Gasteiger partial charge in [0.1, 0.15) is 5.38 Å². The summed E-state index contributed by atoms with van der Waals surface area (Å²) in [4.78, 5) is 13.5. The van der Waals surface area contributed by atoms with Gasteiger partial charge in [0.2, 0.25) is 5.91 Å². The molecule has 0 radical (unpaired) electrons. The molecule has 1 atom stereocenters. The second-order valence-corrected chi connectivity index (χ2v) is 4.63. The summed E-state index contributed by atoms with van der Waals surface area (Å²) in [5, 5.41) is -0.447. The number of nitrogens with zero attached hydrogens (tertiary/aromatic N) is 1. The third-order valence-corrected chi connectivity index (χ3v) is 2.44. The number of alkyl halides is 1. The average molecular weight is 206 g/mol. The fraction of sp³-hybridized carbons (Fsp3) is 0.889. The van der Waals surface area contributed by atoms with E-state index in [1.807, 2.05) is 13.8 Å². The first-order valence-electron chi connectivity index (χ1n) is 4.48. The van der Waals surface area contributed by atoms with E-state index in [1.165, 1.54) is 0 Å². The van der Waals surface area contributed by atoms with Crippen LogP contribution in [0.2, 0.25) is 0 Å². The highest BCUT2D eigenvalue weighted by Gasteiger charge is 2.35. The van der Waals surface area contributed by atoms with Crippen LogP contribution in [0.3, 0.4) is 0 Å². The van der Waals surface area contributed by atoms with Crippen LogP contribution in [0.15, 0.2) is 0 Å². The van der Waals surface area contributed by atoms with Gasteiger partial charge in [-0.05, 0) is 20.8 Å². The number of hydrogen-bond acceptors (Lipinski definition) is 2. The Kier molecular flexibility index (Phi) is 3.19. The number of halogens is 1. The van der Waals surface area contributed by atoms with Crippen molar-refractivity contribution in [3.8, 4) is 0 Å². The largest absolute Gasteiger partial charge is 0.377 e. The van der Waals surface area contributed by atoms with E-state index in [2.05, 4.69) is 0 Å². The molecule has 13 heavy (non-hydrogen) atoms. The van der Waals surface area contributed by atoms with E-state index < -0.39 is 5.38 Å². The molecule has 0 aromatic rings. The highest BCUT2D eigenvalue weighted by atomic mass is 35.5. The summed E-state index contributed by atoms with van der Waals surface area (Å²) in [5.41, 5.74) is -0.224. The Labute approximate surface area is 84.0 Å². The van der Waals surface area contributed by atoms with Crippen molar-refractivity contribution >= 4 is 17.5 Å².